The lowest BCUT2D eigenvalue weighted by molar-refractivity contribution is 0.0924. The Morgan fingerprint density at radius 2 is 1.68 bits per heavy atom. The van der Waals surface area contributed by atoms with Crippen LogP contribution in [0.5, 0.6) is 11.5 Å². The molecule has 1 aromatic heterocycles. The maximum absolute atomic E-state index is 13.8. The Hall–Kier alpha value is -2.70. The Balaban J connectivity index is 2.86. The average Bonchev–Trinajstić information content (AvgIpc) is 2.72. The highest BCUT2D eigenvalue weighted by molar-refractivity contribution is 5.89. The summed E-state index contributed by atoms with van der Waals surface area (Å²) < 4.78 is 13.8. The quantitative estimate of drug-likeness (QED) is 0.409. The van der Waals surface area contributed by atoms with E-state index in [0.29, 0.717) is 47.7 Å². The fourth-order valence-electron chi connectivity index (χ4n) is 3.77. The van der Waals surface area contributed by atoms with Crippen LogP contribution in [0.25, 0.3) is 10.8 Å². The summed E-state index contributed by atoms with van der Waals surface area (Å²) in [5, 5.41) is 11.2. The number of amides is 1. The molecule has 2 rings (SSSR count). The van der Waals surface area contributed by atoms with Crippen LogP contribution in [0.2, 0.25) is 0 Å². The molecule has 1 N–H and O–H groups in total. The van der Waals surface area contributed by atoms with E-state index >= 15 is 0 Å². The molecule has 1 aromatic carbocycles. The van der Waals surface area contributed by atoms with Crippen LogP contribution in [-0.2, 0) is 13.1 Å². The summed E-state index contributed by atoms with van der Waals surface area (Å²) in [6.45, 7) is 17.4. The SMILES string of the molecule is CCCCOc1c(CN(C(=O)O)C(C)(C)C)n(CC(C)(C)C)c(=O)c2cc(OCCC)ccc12. The highest BCUT2D eigenvalue weighted by Gasteiger charge is 2.31. The van der Waals surface area contributed by atoms with E-state index in [4.69, 9.17) is 9.47 Å². The van der Waals surface area contributed by atoms with E-state index in [0.717, 1.165) is 19.3 Å². The van der Waals surface area contributed by atoms with Crippen molar-refractivity contribution in [1.29, 1.82) is 0 Å². The van der Waals surface area contributed by atoms with Crippen LogP contribution in [0.1, 0.15) is 80.3 Å². The maximum Gasteiger partial charge on any atom is 0.408 e. The van der Waals surface area contributed by atoms with Crippen molar-refractivity contribution >= 4 is 16.9 Å². The molecular formula is C27H42N2O5. The number of unbranched alkanes of at least 4 members (excludes halogenated alkanes) is 1. The third kappa shape index (κ3) is 6.90. The number of aromatic nitrogens is 1. The number of ether oxygens (including phenoxy) is 2. The van der Waals surface area contributed by atoms with E-state index in [1.165, 1.54) is 4.90 Å². The van der Waals surface area contributed by atoms with Crippen molar-refractivity contribution in [3.8, 4) is 11.5 Å². The lowest BCUT2D eigenvalue weighted by Gasteiger charge is -2.35. The summed E-state index contributed by atoms with van der Waals surface area (Å²) in [4.78, 5) is 27.4. The molecule has 1 amide bonds. The molecule has 0 aliphatic carbocycles. The topological polar surface area (TPSA) is 81.0 Å². The van der Waals surface area contributed by atoms with E-state index in [9.17, 15) is 14.7 Å². The number of benzene rings is 1. The second kappa shape index (κ2) is 11.2. The fourth-order valence-corrected chi connectivity index (χ4v) is 3.77. The van der Waals surface area contributed by atoms with Crippen molar-refractivity contribution < 1.29 is 19.4 Å². The minimum absolute atomic E-state index is 0.0512. The number of carboxylic acid groups (broad SMARTS) is 1. The van der Waals surface area contributed by atoms with Gasteiger partial charge in [-0.3, -0.25) is 9.69 Å². The van der Waals surface area contributed by atoms with E-state index in [1.54, 1.807) is 10.6 Å². The number of hydrogen-bond donors (Lipinski definition) is 1. The van der Waals surface area contributed by atoms with E-state index in [1.807, 2.05) is 39.8 Å². The lowest BCUT2D eigenvalue weighted by Crippen LogP contribution is -2.45. The van der Waals surface area contributed by atoms with Gasteiger partial charge in [0.2, 0.25) is 0 Å². The first-order chi connectivity index (χ1) is 15.8. The number of carbonyl (C=O) groups is 1. The molecule has 7 nitrogen and oxygen atoms in total. The van der Waals surface area contributed by atoms with Crippen molar-refractivity contribution in [3.05, 3.63) is 34.2 Å². The predicted octanol–water partition coefficient (Wildman–Crippen LogP) is 6.29. The number of nitrogens with zero attached hydrogens (tertiary/aromatic N) is 2. The molecule has 0 spiro atoms. The van der Waals surface area contributed by atoms with Crippen LogP contribution in [0, 0.1) is 5.41 Å². The van der Waals surface area contributed by atoms with Crippen LogP contribution in [0.4, 0.5) is 4.79 Å². The molecule has 2 aromatic rings. The molecule has 34 heavy (non-hydrogen) atoms. The first-order valence-electron chi connectivity index (χ1n) is 12.3. The largest absolute Gasteiger partial charge is 0.494 e. The molecule has 1 heterocycles. The van der Waals surface area contributed by atoms with Crippen LogP contribution in [-0.4, -0.2) is 39.4 Å². The molecule has 7 heteroatoms. The monoisotopic (exact) mass is 474 g/mol. The Morgan fingerprint density at radius 1 is 1.00 bits per heavy atom. The fraction of sp³-hybridized carbons (Fsp3) is 0.630. The zero-order valence-corrected chi connectivity index (χ0v) is 22.2. The van der Waals surface area contributed by atoms with Gasteiger partial charge in [-0.2, -0.15) is 0 Å². The van der Waals surface area contributed by atoms with Crippen LogP contribution in [0.3, 0.4) is 0 Å². The Bertz CT molecular complexity index is 1040. The van der Waals surface area contributed by atoms with Crippen molar-refractivity contribution in [2.75, 3.05) is 13.2 Å². The van der Waals surface area contributed by atoms with Crippen LogP contribution < -0.4 is 15.0 Å². The summed E-state index contributed by atoms with van der Waals surface area (Å²) in [5.74, 6) is 1.22. The summed E-state index contributed by atoms with van der Waals surface area (Å²) in [6, 6.07) is 5.48. The third-order valence-corrected chi connectivity index (χ3v) is 5.50. The van der Waals surface area contributed by atoms with Gasteiger partial charge in [-0.05, 0) is 57.2 Å². The standard InChI is InChI=1S/C27H42N2O5/c1-9-11-15-34-23-20-13-12-19(33-14-10-2)16-21(20)24(30)28(18-26(3,4)5)22(23)17-29(25(31)32)27(6,7)8/h12-13,16H,9-11,14-15,17-18H2,1-8H3,(H,31,32). The van der Waals surface area contributed by atoms with Gasteiger partial charge in [0.05, 0.1) is 30.8 Å². The molecule has 0 saturated heterocycles. The smallest absolute Gasteiger partial charge is 0.408 e. The minimum atomic E-state index is -1.04. The van der Waals surface area contributed by atoms with Gasteiger partial charge in [0.25, 0.3) is 5.56 Å². The van der Waals surface area contributed by atoms with Crippen LogP contribution in [0.15, 0.2) is 23.0 Å². The first kappa shape index (κ1) is 27.5. The van der Waals surface area contributed by atoms with Gasteiger partial charge in [-0.1, -0.05) is 41.0 Å². The van der Waals surface area contributed by atoms with Gasteiger partial charge in [-0.25, -0.2) is 4.79 Å². The van der Waals surface area contributed by atoms with Gasteiger partial charge in [-0.15, -0.1) is 0 Å². The highest BCUT2D eigenvalue weighted by Crippen LogP contribution is 2.34. The van der Waals surface area contributed by atoms with Crippen molar-refractivity contribution in [1.82, 2.24) is 9.47 Å². The van der Waals surface area contributed by atoms with Gasteiger partial charge in [0.15, 0.2) is 0 Å². The molecule has 0 unspecified atom stereocenters. The zero-order valence-electron chi connectivity index (χ0n) is 22.2. The van der Waals surface area contributed by atoms with Gasteiger partial charge >= 0.3 is 6.09 Å². The molecule has 0 aliphatic heterocycles. The zero-order chi connectivity index (χ0) is 25.7. The highest BCUT2D eigenvalue weighted by atomic mass is 16.5. The number of rotatable bonds is 10. The summed E-state index contributed by atoms with van der Waals surface area (Å²) in [6.07, 6.45) is 1.66. The molecule has 0 saturated carbocycles. The molecule has 0 aliphatic rings. The molecule has 0 radical (unpaired) electrons. The van der Waals surface area contributed by atoms with E-state index in [-0.39, 0.29) is 17.5 Å². The maximum atomic E-state index is 13.8. The van der Waals surface area contributed by atoms with Crippen LogP contribution >= 0.6 is 0 Å². The Kier molecular flexibility index (Phi) is 9.03. The van der Waals surface area contributed by atoms with Crippen molar-refractivity contribution in [2.45, 2.75) is 93.3 Å². The van der Waals surface area contributed by atoms with E-state index < -0.39 is 11.6 Å². The molecule has 0 fully saturated rings. The van der Waals surface area contributed by atoms with Crippen molar-refractivity contribution in [2.24, 2.45) is 5.41 Å². The second-order valence-electron chi connectivity index (χ2n) is 11.0. The molecule has 190 valence electrons. The summed E-state index contributed by atoms with van der Waals surface area (Å²) >= 11 is 0. The molecular weight excluding hydrogens is 432 g/mol. The average molecular weight is 475 g/mol. The number of pyridine rings is 1. The van der Waals surface area contributed by atoms with E-state index in [2.05, 4.69) is 27.7 Å². The molecule has 0 atom stereocenters. The van der Waals surface area contributed by atoms with Gasteiger partial charge < -0.3 is 19.1 Å². The first-order valence-corrected chi connectivity index (χ1v) is 12.3. The molecule has 0 bridgehead atoms. The predicted molar refractivity (Wildman–Crippen MR) is 137 cm³/mol. The minimum Gasteiger partial charge on any atom is -0.494 e. The van der Waals surface area contributed by atoms with Crippen molar-refractivity contribution in [3.63, 3.8) is 0 Å². The third-order valence-electron chi connectivity index (χ3n) is 5.50. The van der Waals surface area contributed by atoms with Gasteiger partial charge in [0, 0.05) is 17.5 Å². The Labute approximate surface area is 203 Å². The normalized spacial score (nSPS) is 12.1. The summed E-state index contributed by atoms with van der Waals surface area (Å²) in [5.41, 5.74) is -0.437. The number of fused-ring (bicyclic) bond motifs is 1. The lowest BCUT2D eigenvalue weighted by atomic mass is 9.96. The summed E-state index contributed by atoms with van der Waals surface area (Å²) in [7, 11) is 0. The second-order valence-corrected chi connectivity index (χ2v) is 11.0. The van der Waals surface area contributed by atoms with Gasteiger partial charge in [0.1, 0.15) is 11.5 Å². The Morgan fingerprint density at radius 3 is 2.21 bits per heavy atom. The number of hydrogen-bond acceptors (Lipinski definition) is 4.